The Labute approximate surface area is 149 Å². The Morgan fingerprint density at radius 1 is 0.800 bits per heavy atom. The molecular formula is C19H13ClO4S. The molecule has 1 aliphatic heterocycles. The molecule has 0 fully saturated rings. The van der Waals surface area contributed by atoms with Gasteiger partial charge in [-0.05, 0) is 17.2 Å². The smallest absolute Gasteiger partial charge is 0.261 e. The second-order valence-corrected chi connectivity index (χ2v) is 8.24. The minimum atomic E-state index is -3.85. The first-order valence-electron chi connectivity index (χ1n) is 7.58. The highest BCUT2D eigenvalue weighted by molar-refractivity contribution is 8.13. The summed E-state index contributed by atoms with van der Waals surface area (Å²) in [5.41, 5.74) is 1.49. The molecule has 4 rings (SSSR count). The fourth-order valence-corrected chi connectivity index (χ4v) is 3.85. The molecule has 0 spiro atoms. The predicted octanol–water partition coefficient (Wildman–Crippen LogP) is 4.23. The van der Waals surface area contributed by atoms with E-state index in [2.05, 4.69) is 0 Å². The summed E-state index contributed by atoms with van der Waals surface area (Å²) in [7, 11) is 1.59. The summed E-state index contributed by atoms with van der Waals surface area (Å²) in [6.07, 6.45) is 0. The molecule has 0 amide bonds. The van der Waals surface area contributed by atoms with Crippen molar-refractivity contribution in [3.8, 4) is 5.75 Å². The van der Waals surface area contributed by atoms with Crippen molar-refractivity contribution in [2.75, 3.05) is 0 Å². The van der Waals surface area contributed by atoms with Crippen LogP contribution in [0.3, 0.4) is 0 Å². The first-order valence-corrected chi connectivity index (χ1v) is 9.89. The monoisotopic (exact) mass is 372 g/mol. The summed E-state index contributed by atoms with van der Waals surface area (Å²) in [5.74, 6) is 0.328. The largest absolute Gasteiger partial charge is 0.335 e. The zero-order chi connectivity index (χ0) is 17.5. The average molecular weight is 373 g/mol. The zero-order valence-electron chi connectivity index (χ0n) is 12.9. The number of hydrogen-bond acceptors (Lipinski definition) is 4. The van der Waals surface area contributed by atoms with Gasteiger partial charge < -0.3 is 4.89 Å². The van der Waals surface area contributed by atoms with E-state index in [1.165, 1.54) is 12.1 Å². The van der Waals surface area contributed by atoms with Crippen LogP contribution < -0.4 is 4.89 Å². The van der Waals surface area contributed by atoms with E-state index in [0.29, 0.717) is 11.3 Å². The molecule has 0 atom stereocenters. The van der Waals surface area contributed by atoms with Crippen molar-refractivity contribution in [2.45, 2.75) is 10.5 Å². The van der Waals surface area contributed by atoms with Crippen LogP contribution in [0.2, 0.25) is 0 Å². The minimum absolute atomic E-state index is 0.0339. The van der Waals surface area contributed by atoms with Gasteiger partial charge >= 0.3 is 0 Å². The maximum Gasteiger partial charge on any atom is 0.261 e. The van der Waals surface area contributed by atoms with Crippen LogP contribution in [0, 0.1) is 0 Å². The van der Waals surface area contributed by atoms with Gasteiger partial charge in [-0.25, -0.2) is 8.42 Å². The van der Waals surface area contributed by atoms with Gasteiger partial charge in [0.15, 0.2) is 11.4 Å². The number of benzene rings is 3. The second-order valence-electron chi connectivity index (χ2n) is 5.68. The van der Waals surface area contributed by atoms with Crippen LogP contribution in [0.15, 0.2) is 83.8 Å². The Kier molecular flexibility index (Phi) is 3.80. The lowest BCUT2D eigenvalue weighted by molar-refractivity contribution is -0.244. The van der Waals surface area contributed by atoms with Crippen LogP contribution in [0.1, 0.15) is 16.7 Å². The lowest BCUT2D eigenvalue weighted by atomic mass is 9.80. The molecule has 0 saturated carbocycles. The van der Waals surface area contributed by atoms with E-state index in [9.17, 15) is 8.42 Å². The fourth-order valence-electron chi connectivity index (χ4n) is 3.09. The SMILES string of the molecule is O=S(=O)(Cl)c1ccc2c(c1)OOC2(c1ccccc1)c1ccccc1. The molecule has 0 radical (unpaired) electrons. The Balaban J connectivity index is 1.98. The third-order valence-corrected chi connectivity index (χ3v) is 5.58. The molecule has 4 nitrogen and oxygen atoms in total. The maximum atomic E-state index is 11.6. The van der Waals surface area contributed by atoms with Crippen LogP contribution in [0.25, 0.3) is 0 Å². The van der Waals surface area contributed by atoms with Crippen molar-refractivity contribution in [1.29, 1.82) is 0 Å². The molecule has 0 N–H and O–H groups in total. The van der Waals surface area contributed by atoms with Crippen molar-refractivity contribution in [3.05, 3.63) is 95.6 Å². The van der Waals surface area contributed by atoms with E-state index in [1.54, 1.807) is 6.07 Å². The average Bonchev–Trinajstić information content (AvgIpc) is 3.02. The number of fused-ring (bicyclic) bond motifs is 1. The molecule has 1 aliphatic rings. The van der Waals surface area contributed by atoms with Crippen LogP contribution in [-0.4, -0.2) is 8.42 Å². The number of hydrogen-bond donors (Lipinski definition) is 0. The molecule has 126 valence electrons. The third kappa shape index (κ3) is 2.61. The topological polar surface area (TPSA) is 52.6 Å². The van der Waals surface area contributed by atoms with Gasteiger partial charge in [0.1, 0.15) is 0 Å². The molecule has 0 aromatic heterocycles. The lowest BCUT2D eigenvalue weighted by Crippen LogP contribution is -2.29. The first-order chi connectivity index (χ1) is 12.0. The van der Waals surface area contributed by atoms with Crippen LogP contribution in [0.5, 0.6) is 5.75 Å². The molecule has 3 aromatic rings. The minimum Gasteiger partial charge on any atom is -0.335 e. The summed E-state index contributed by atoms with van der Waals surface area (Å²) in [6.45, 7) is 0. The molecular weight excluding hydrogens is 360 g/mol. The quantitative estimate of drug-likeness (QED) is 0.510. The molecule has 6 heteroatoms. The third-order valence-electron chi connectivity index (χ3n) is 4.23. The van der Waals surface area contributed by atoms with E-state index in [1.807, 2.05) is 60.7 Å². The van der Waals surface area contributed by atoms with E-state index in [-0.39, 0.29) is 4.90 Å². The van der Waals surface area contributed by atoms with Gasteiger partial charge in [0.05, 0.1) is 4.90 Å². The summed E-state index contributed by atoms with van der Waals surface area (Å²) < 4.78 is 23.2. The molecule has 0 saturated heterocycles. The Morgan fingerprint density at radius 2 is 1.36 bits per heavy atom. The summed E-state index contributed by atoms with van der Waals surface area (Å²) >= 11 is 0. The number of halogens is 1. The van der Waals surface area contributed by atoms with Gasteiger partial charge in [-0.1, -0.05) is 66.7 Å². The van der Waals surface area contributed by atoms with Crippen LogP contribution in [0.4, 0.5) is 0 Å². The molecule has 0 aliphatic carbocycles. The zero-order valence-corrected chi connectivity index (χ0v) is 14.5. The highest BCUT2D eigenvalue weighted by Gasteiger charge is 2.47. The van der Waals surface area contributed by atoms with Crippen molar-refractivity contribution in [1.82, 2.24) is 0 Å². The van der Waals surface area contributed by atoms with Gasteiger partial charge in [0.25, 0.3) is 9.05 Å². The maximum absolute atomic E-state index is 11.6. The van der Waals surface area contributed by atoms with E-state index in [0.717, 1.165) is 11.1 Å². The first kappa shape index (κ1) is 16.1. The van der Waals surface area contributed by atoms with Crippen LogP contribution in [-0.2, 0) is 19.5 Å². The van der Waals surface area contributed by atoms with Crippen LogP contribution >= 0.6 is 10.7 Å². The van der Waals surface area contributed by atoms with Crippen molar-refractivity contribution in [3.63, 3.8) is 0 Å². The Hall–Kier alpha value is -2.34. The van der Waals surface area contributed by atoms with Crippen molar-refractivity contribution >= 4 is 19.7 Å². The summed E-state index contributed by atoms with van der Waals surface area (Å²) in [6, 6.07) is 23.8. The van der Waals surface area contributed by atoms with E-state index in [4.69, 9.17) is 20.5 Å². The summed E-state index contributed by atoms with van der Waals surface area (Å²) in [5, 5.41) is 0. The van der Waals surface area contributed by atoms with Gasteiger partial charge in [-0.2, -0.15) is 4.89 Å². The standard InChI is InChI=1S/C19H13ClO4S/c20-25(21,22)16-11-12-17-18(13-16)23-24-19(17,14-7-3-1-4-8-14)15-9-5-2-6-10-15/h1-13H. The second kappa shape index (κ2) is 5.88. The predicted molar refractivity (Wildman–Crippen MR) is 94.0 cm³/mol. The van der Waals surface area contributed by atoms with Gasteiger partial charge in [0.2, 0.25) is 0 Å². The van der Waals surface area contributed by atoms with E-state index >= 15 is 0 Å². The Bertz CT molecular complexity index is 978. The lowest BCUT2D eigenvalue weighted by Gasteiger charge is -2.27. The highest BCUT2D eigenvalue weighted by atomic mass is 35.7. The van der Waals surface area contributed by atoms with Gasteiger partial charge in [-0.3, -0.25) is 0 Å². The van der Waals surface area contributed by atoms with E-state index < -0.39 is 14.7 Å². The van der Waals surface area contributed by atoms with Gasteiger partial charge in [-0.15, -0.1) is 0 Å². The molecule has 1 heterocycles. The fraction of sp³-hybridized carbons (Fsp3) is 0.0526. The Morgan fingerprint density at radius 3 is 1.88 bits per heavy atom. The molecule has 0 unspecified atom stereocenters. The number of rotatable bonds is 3. The van der Waals surface area contributed by atoms with Crippen molar-refractivity contribution < 1.29 is 18.2 Å². The highest BCUT2D eigenvalue weighted by Crippen LogP contribution is 2.49. The van der Waals surface area contributed by atoms with Gasteiger partial charge in [0, 0.05) is 22.3 Å². The molecule has 3 aromatic carbocycles. The normalized spacial score (nSPS) is 15.4. The summed E-state index contributed by atoms with van der Waals surface area (Å²) in [4.78, 5) is 11.2. The van der Waals surface area contributed by atoms with Crippen molar-refractivity contribution in [2.24, 2.45) is 0 Å². The molecule has 0 bridgehead atoms. The molecule has 25 heavy (non-hydrogen) atoms.